The highest BCUT2D eigenvalue weighted by Gasteiger charge is 2.44. The number of ether oxygens (including phenoxy) is 1. The van der Waals surface area contributed by atoms with Gasteiger partial charge in [-0.2, -0.15) is 0 Å². The first-order chi connectivity index (χ1) is 12.7. The molecule has 0 saturated heterocycles. The number of carboxylic acid groups (broad SMARTS) is 1. The van der Waals surface area contributed by atoms with Gasteiger partial charge in [0.15, 0.2) is 0 Å². The van der Waals surface area contributed by atoms with E-state index in [1.54, 1.807) is 0 Å². The molecule has 144 valence electrons. The van der Waals surface area contributed by atoms with Crippen molar-refractivity contribution in [2.45, 2.75) is 89.6 Å². The van der Waals surface area contributed by atoms with Gasteiger partial charge >= 0.3 is 5.97 Å². The number of para-hydroxylation sites is 1. The molecule has 1 aliphatic rings. The van der Waals surface area contributed by atoms with Crippen LogP contribution in [0.1, 0.15) is 84.0 Å². The van der Waals surface area contributed by atoms with E-state index in [1.807, 2.05) is 30.3 Å². The van der Waals surface area contributed by atoms with Crippen molar-refractivity contribution in [1.29, 1.82) is 0 Å². The Bertz CT molecular complexity index is 564. The van der Waals surface area contributed by atoms with E-state index in [4.69, 9.17) is 4.74 Å². The zero-order chi connectivity index (χ0) is 18.7. The molecule has 0 fully saturated rings. The second kappa shape index (κ2) is 11.1. The lowest BCUT2D eigenvalue weighted by atomic mass is 9.81. The van der Waals surface area contributed by atoms with E-state index in [-0.39, 0.29) is 0 Å². The first kappa shape index (κ1) is 20.5. The molecule has 0 heterocycles. The smallest absolute Gasteiger partial charge is 0.352 e. The Morgan fingerprint density at radius 3 is 2.35 bits per heavy atom. The monoisotopic (exact) mass is 358 g/mol. The van der Waals surface area contributed by atoms with Crippen molar-refractivity contribution in [1.82, 2.24) is 0 Å². The number of allylic oxidation sites excluding steroid dienone is 1. The molecule has 26 heavy (non-hydrogen) atoms. The summed E-state index contributed by atoms with van der Waals surface area (Å²) in [5.74, 6) is -0.204. The van der Waals surface area contributed by atoms with Gasteiger partial charge in [-0.25, -0.2) is 4.79 Å². The van der Waals surface area contributed by atoms with Crippen molar-refractivity contribution in [3.05, 3.63) is 42.0 Å². The maximum Gasteiger partial charge on any atom is 0.352 e. The summed E-state index contributed by atoms with van der Waals surface area (Å²) in [6.45, 7) is 2.22. The summed E-state index contributed by atoms with van der Waals surface area (Å²) >= 11 is 0. The zero-order valence-electron chi connectivity index (χ0n) is 16.2. The van der Waals surface area contributed by atoms with E-state index >= 15 is 0 Å². The maximum absolute atomic E-state index is 12.4. The van der Waals surface area contributed by atoms with Crippen molar-refractivity contribution in [2.75, 3.05) is 0 Å². The molecule has 0 saturated carbocycles. The molecule has 0 bridgehead atoms. The average Bonchev–Trinajstić information content (AvgIpc) is 2.67. The van der Waals surface area contributed by atoms with E-state index < -0.39 is 11.6 Å². The third-order valence-corrected chi connectivity index (χ3v) is 5.32. The van der Waals surface area contributed by atoms with Gasteiger partial charge < -0.3 is 9.84 Å². The van der Waals surface area contributed by atoms with Gasteiger partial charge in [-0.05, 0) is 49.8 Å². The molecule has 1 N–H and O–H groups in total. The van der Waals surface area contributed by atoms with Crippen LogP contribution >= 0.6 is 0 Å². The predicted octanol–water partition coefficient (Wildman–Crippen LogP) is 6.53. The molecular weight excluding hydrogens is 324 g/mol. The Hall–Kier alpha value is -1.77. The molecule has 0 radical (unpaired) electrons. The van der Waals surface area contributed by atoms with E-state index in [2.05, 4.69) is 13.0 Å². The number of aliphatic carboxylic acids is 1. The minimum atomic E-state index is -1.20. The van der Waals surface area contributed by atoms with Crippen LogP contribution in [0.15, 0.2) is 42.0 Å². The number of benzene rings is 1. The molecule has 3 heteroatoms. The van der Waals surface area contributed by atoms with Crippen molar-refractivity contribution in [2.24, 2.45) is 0 Å². The van der Waals surface area contributed by atoms with Crippen molar-refractivity contribution >= 4 is 5.97 Å². The molecule has 1 aromatic carbocycles. The lowest BCUT2D eigenvalue weighted by Crippen LogP contribution is -2.47. The third-order valence-electron chi connectivity index (χ3n) is 5.32. The quantitative estimate of drug-likeness (QED) is 0.341. The summed E-state index contributed by atoms with van der Waals surface area (Å²) in [6.07, 6.45) is 14.9. The number of hydrogen-bond acceptors (Lipinski definition) is 2. The highest BCUT2D eigenvalue weighted by Crippen LogP contribution is 2.36. The fourth-order valence-electron chi connectivity index (χ4n) is 3.79. The van der Waals surface area contributed by atoms with E-state index in [1.165, 1.54) is 32.1 Å². The van der Waals surface area contributed by atoms with Gasteiger partial charge in [0.25, 0.3) is 0 Å². The van der Waals surface area contributed by atoms with Crippen LogP contribution in [-0.2, 0) is 4.79 Å². The Morgan fingerprint density at radius 1 is 1.04 bits per heavy atom. The minimum Gasteiger partial charge on any atom is -0.478 e. The molecule has 1 unspecified atom stereocenters. The Kier molecular flexibility index (Phi) is 8.73. The molecular formula is C23H34O3. The van der Waals surface area contributed by atoms with Gasteiger partial charge in [-0.1, -0.05) is 69.7 Å². The molecule has 0 spiro atoms. The first-order valence-electron chi connectivity index (χ1n) is 10.4. The number of carboxylic acids is 1. The number of carbonyl (C=O) groups is 1. The van der Waals surface area contributed by atoms with Crippen LogP contribution in [0.5, 0.6) is 5.75 Å². The largest absolute Gasteiger partial charge is 0.478 e. The Balaban J connectivity index is 2.06. The van der Waals surface area contributed by atoms with E-state index in [0.29, 0.717) is 12.2 Å². The maximum atomic E-state index is 12.4. The fraction of sp³-hybridized carbons (Fsp3) is 0.609. The number of rotatable bonds is 12. The van der Waals surface area contributed by atoms with Gasteiger partial charge in [0, 0.05) is 6.42 Å². The molecule has 0 aromatic heterocycles. The highest BCUT2D eigenvalue weighted by molar-refractivity contribution is 5.82. The Morgan fingerprint density at radius 2 is 1.73 bits per heavy atom. The summed E-state index contributed by atoms with van der Waals surface area (Å²) in [5, 5.41) is 10.1. The van der Waals surface area contributed by atoms with Crippen LogP contribution in [-0.4, -0.2) is 16.7 Å². The average molecular weight is 359 g/mol. The summed E-state index contributed by atoms with van der Waals surface area (Å²) in [7, 11) is 0. The number of hydrogen-bond donors (Lipinski definition) is 1. The van der Waals surface area contributed by atoms with Crippen LogP contribution in [0, 0.1) is 0 Å². The normalized spacial score (nSPS) is 16.6. The second-order valence-electron chi connectivity index (χ2n) is 7.39. The Labute approximate surface area is 158 Å². The molecule has 3 nitrogen and oxygen atoms in total. The van der Waals surface area contributed by atoms with Crippen LogP contribution < -0.4 is 4.74 Å². The van der Waals surface area contributed by atoms with Gasteiger partial charge in [0.2, 0.25) is 5.60 Å². The van der Waals surface area contributed by atoms with Gasteiger partial charge in [-0.3, -0.25) is 0 Å². The molecule has 2 rings (SSSR count). The fourth-order valence-corrected chi connectivity index (χ4v) is 3.79. The first-order valence-corrected chi connectivity index (χ1v) is 10.4. The standard InChI is InChI=1S/C23H34O3/c1-2-3-4-5-6-7-14-19-23(22(24)25,20-15-10-8-11-16-20)26-21-17-12-9-13-18-21/h9,12-13,15,17-18H,2-8,10-11,14,16,19H2,1H3,(H,24,25). The van der Waals surface area contributed by atoms with Crippen molar-refractivity contribution < 1.29 is 14.6 Å². The third kappa shape index (κ3) is 5.89. The van der Waals surface area contributed by atoms with Crippen molar-refractivity contribution in [3.8, 4) is 5.75 Å². The van der Waals surface area contributed by atoms with Crippen LogP contribution in [0.3, 0.4) is 0 Å². The van der Waals surface area contributed by atoms with E-state index in [0.717, 1.165) is 44.1 Å². The lowest BCUT2D eigenvalue weighted by molar-refractivity contribution is -0.152. The van der Waals surface area contributed by atoms with Gasteiger partial charge in [0.1, 0.15) is 5.75 Å². The second-order valence-corrected chi connectivity index (χ2v) is 7.39. The number of unbranched alkanes of at least 4 members (excludes halogenated alkanes) is 6. The SMILES string of the molecule is CCCCCCCCCC(Oc1ccccc1)(C(=O)O)C1=CCCCC1. The molecule has 1 aliphatic carbocycles. The lowest BCUT2D eigenvalue weighted by Gasteiger charge is -2.34. The molecule has 1 aromatic rings. The summed E-state index contributed by atoms with van der Waals surface area (Å²) in [5.41, 5.74) is -0.239. The predicted molar refractivity (Wildman–Crippen MR) is 107 cm³/mol. The van der Waals surface area contributed by atoms with Gasteiger partial charge in [-0.15, -0.1) is 0 Å². The van der Waals surface area contributed by atoms with Crippen LogP contribution in [0.2, 0.25) is 0 Å². The van der Waals surface area contributed by atoms with E-state index in [9.17, 15) is 9.90 Å². The molecule has 0 aliphatic heterocycles. The summed E-state index contributed by atoms with van der Waals surface area (Å²) < 4.78 is 6.18. The molecule has 1 atom stereocenters. The highest BCUT2D eigenvalue weighted by atomic mass is 16.5. The van der Waals surface area contributed by atoms with Crippen LogP contribution in [0.25, 0.3) is 0 Å². The van der Waals surface area contributed by atoms with Crippen LogP contribution in [0.4, 0.5) is 0 Å². The van der Waals surface area contributed by atoms with Gasteiger partial charge in [0.05, 0.1) is 0 Å². The van der Waals surface area contributed by atoms with Crippen molar-refractivity contribution in [3.63, 3.8) is 0 Å². The summed E-state index contributed by atoms with van der Waals surface area (Å²) in [4.78, 5) is 12.4. The molecule has 0 amide bonds. The minimum absolute atomic E-state index is 0.552. The topological polar surface area (TPSA) is 46.5 Å². The zero-order valence-corrected chi connectivity index (χ0v) is 16.2. The summed E-state index contributed by atoms with van der Waals surface area (Å²) in [6, 6.07) is 9.42.